The summed E-state index contributed by atoms with van der Waals surface area (Å²) in [5, 5.41) is 31.4. The van der Waals surface area contributed by atoms with Crippen LogP contribution in [0.2, 0.25) is 0 Å². The molecule has 0 amide bonds. The molecule has 1 aliphatic rings. The van der Waals surface area contributed by atoms with Gasteiger partial charge in [0.15, 0.2) is 6.29 Å². The summed E-state index contributed by atoms with van der Waals surface area (Å²) < 4.78 is 0. The van der Waals surface area contributed by atoms with Crippen LogP contribution < -0.4 is 0 Å². The van der Waals surface area contributed by atoms with Crippen molar-refractivity contribution in [1.82, 2.24) is 0 Å². The highest BCUT2D eigenvalue weighted by atomic mass is 16.5. The molecule has 0 spiro atoms. The molecule has 0 radical (unpaired) electrons. The molecule has 6 unspecified atom stereocenters. The minimum Gasteiger partial charge on any atom is -0.396 e. The molecular weight excluding hydrogens is 492 g/mol. The van der Waals surface area contributed by atoms with Crippen molar-refractivity contribution in [2.24, 2.45) is 35.5 Å². The molecule has 3 heteroatoms. The average Bonchev–Trinajstić information content (AvgIpc) is 2.95. The summed E-state index contributed by atoms with van der Waals surface area (Å²) in [7, 11) is 0. The van der Waals surface area contributed by atoms with Gasteiger partial charge in [-0.25, -0.2) is 0 Å². The molecule has 6 atom stereocenters. The van der Waals surface area contributed by atoms with Gasteiger partial charge in [0.2, 0.25) is 0 Å². The van der Waals surface area contributed by atoms with Crippen LogP contribution >= 0.6 is 0 Å². The van der Waals surface area contributed by atoms with E-state index in [0.29, 0.717) is 24.4 Å². The first-order chi connectivity index (χ1) is 19.5. The maximum atomic E-state index is 10.7. The predicted octanol–water partition coefficient (Wildman–Crippen LogP) is 10.8. The topological polar surface area (TPSA) is 60.7 Å². The van der Waals surface area contributed by atoms with Crippen LogP contribution in [0.1, 0.15) is 188 Å². The lowest BCUT2D eigenvalue weighted by Crippen LogP contribution is -2.42. The van der Waals surface area contributed by atoms with Gasteiger partial charge in [0, 0.05) is 12.5 Å². The van der Waals surface area contributed by atoms with Crippen molar-refractivity contribution in [3.05, 3.63) is 0 Å². The second kappa shape index (κ2) is 25.4. The van der Waals surface area contributed by atoms with E-state index in [0.717, 1.165) is 31.1 Å². The van der Waals surface area contributed by atoms with Gasteiger partial charge in [-0.1, -0.05) is 143 Å². The molecular formula is C37H74O3. The molecule has 0 aromatic carbocycles. The fraction of sp³-hybridized carbons (Fsp3) is 1.00. The summed E-state index contributed by atoms with van der Waals surface area (Å²) in [5.74, 6) is 3.10. The van der Waals surface area contributed by atoms with Gasteiger partial charge in [0.05, 0.1) is 0 Å². The minimum absolute atomic E-state index is 0.0312. The number of hydrogen-bond acceptors (Lipinski definition) is 3. The van der Waals surface area contributed by atoms with Gasteiger partial charge in [0.1, 0.15) is 0 Å². The Labute approximate surface area is 251 Å². The highest BCUT2D eigenvalue weighted by molar-refractivity contribution is 4.91. The third-order valence-corrected chi connectivity index (χ3v) is 10.6. The van der Waals surface area contributed by atoms with Crippen LogP contribution in [0.15, 0.2) is 0 Å². The van der Waals surface area contributed by atoms with E-state index in [-0.39, 0.29) is 5.92 Å². The summed E-state index contributed by atoms with van der Waals surface area (Å²) in [6, 6.07) is 0. The molecule has 0 aromatic heterocycles. The molecule has 1 saturated carbocycles. The fourth-order valence-corrected chi connectivity index (χ4v) is 8.13. The zero-order valence-electron chi connectivity index (χ0n) is 27.8. The molecule has 3 N–H and O–H groups in total. The van der Waals surface area contributed by atoms with Crippen molar-refractivity contribution >= 4 is 0 Å². The van der Waals surface area contributed by atoms with E-state index in [1.54, 1.807) is 0 Å². The molecule has 0 heterocycles. The molecule has 3 nitrogen and oxygen atoms in total. The van der Waals surface area contributed by atoms with E-state index in [1.165, 1.54) is 141 Å². The summed E-state index contributed by atoms with van der Waals surface area (Å²) in [5.41, 5.74) is 0. The van der Waals surface area contributed by atoms with E-state index < -0.39 is 6.29 Å². The summed E-state index contributed by atoms with van der Waals surface area (Å²) in [6.07, 6.45) is 30.4. The fourth-order valence-electron chi connectivity index (χ4n) is 8.13. The quantitative estimate of drug-likeness (QED) is 0.0684. The smallest absolute Gasteiger partial charge is 0.154 e. The van der Waals surface area contributed by atoms with Crippen LogP contribution in [0.3, 0.4) is 0 Å². The SMILES string of the molecule is CCCCCCC(CO)CCCC1C(CCCCCC)C(CCCCCC)CCC1C(CCCCCC)C(O)O. The second-order valence-electron chi connectivity index (χ2n) is 13.8. The summed E-state index contributed by atoms with van der Waals surface area (Å²) >= 11 is 0. The lowest BCUT2D eigenvalue weighted by Gasteiger charge is -2.47. The van der Waals surface area contributed by atoms with Gasteiger partial charge in [-0.3, -0.25) is 0 Å². The van der Waals surface area contributed by atoms with E-state index in [2.05, 4.69) is 27.7 Å². The normalized spacial score (nSPS) is 23.1. The zero-order chi connectivity index (χ0) is 29.4. The number of aliphatic hydroxyl groups excluding tert-OH is 2. The minimum atomic E-state index is -1.18. The van der Waals surface area contributed by atoms with E-state index in [1.807, 2.05) is 0 Å². The lowest BCUT2D eigenvalue weighted by molar-refractivity contribution is -0.126. The van der Waals surface area contributed by atoms with Crippen LogP contribution in [0.4, 0.5) is 0 Å². The lowest BCUT2D eigenvalue weighted by atomic mass is 9.58. The summed E-state index contributed by atoms with van der Waals surface area (Å²) in [4.78, 5) is 0. The van der Waals surface area contributed by atoms with Crippen LogP contribution in [-0.2, 0) is 0 Å². The Bertz CT molecular complexity index is 536. The van der Waals surface area contributed by atoms with Crippen molar-refractivity contribution in [2.45, 2.75) is 195 Å². The molecule has 0 aromatic rings. The maximum absolute atomic E-state index is 10.7. The average molecular weight is 567 g/mol. The van der Waals surface area contributed by atoms with Gasteiger partial charge in [-0.15, -0.1) is 0 Å². The predicted molar refractivity (Wildman–Crippen MR) is 174 cm³/mol. The first kappa shape index (κ1) is 37.9. The summed E-state index contributed by atoms with van der Waals surface area (Å²) in [6.45, 7) is 9.46. The molecule has 1 fully saturated rings. The molecule has 0 aliphatic heterocycles. The second-order valence-corrected chi connectivity index (χ2v) is 13.8. The number of rotatable bonds is 27. The molecule has 1 aliphatic carbocycles. The number of hydrogen-bond donors (Lipinski definition) is 3. The highest BCUT2D eigenvalue weighted by Gasteiger charge is 2.42. The Hall–Kier alpha value is -0.120. The first-order valence-electron chi connectivity index (χ1n) is 18.5. The van der Waals surface area contributed by atoms with Crippen LogP contribution in [0.25, 0.3) is 0 Å². The van der Waals surface area contributed by atoms with Crippen LogP contribution in [0.5, 0.6) is 0 Å². The number of aliphatic hydroxyl groups is 3. The Morgan fingerprint density at radius 2 is 1.02 bits per heavy atom. The third-order valence-electron chi connectivity index (χ3n) is 10.6. The van der Waals surface area contributed by atoms with Crippen molar-refractivity contribution < 1.29 is 15.3 Å². The van der Waals surface area contributed by atoms with Crippen LogP contribution in [0, 0.1) is 35.5 Å². The van der Waals surface area contributed by atoms with Crippen molar-refractivity contribution in [3.63, 3.8) is 0 Å². The van der Waals surface area contributed by atoms with E-state index >= 15 is 0 Å². The first-order valence-corrected chi connectivity index (χ1v) is 18.5. The molecule has 0 bridgehead atoms. The monoisotopic (exact) mass is 567 g/mol. The third kappa shape index (κ3) is 15.9. The van der Waals surface area contributed by atoms with E-state index in [9.17, 15) is 15.3 Å². The molecule has 40 heavy (non-hydrogen) atoms. The Morgan fingerprint density at radius 1 is 0.525 bits per heavy atom. The highest BCUT2D eigenvalue weighted by Crippen LogP contribution is 2.50. The van der Waals surface area contributed by atoms with Gasteiger partial charge in [0.25, 0.3) is 0 Å². The largest absolute Gasteiger partial charge is 0.396 e. The van der Waals surface area contributed by atoms with Gasteiger partial charge < -0.3 is 15.3 Å². The Balaban J connectivity index is 3.04. The van der Waals surface area contributed by atoms with Gasteiger partial charge >= 0.3 is 0 Å². The maximum Gasteiger partial charge on any atom is 0.154 e. The van der Waals surface area contributed by atoms with E-state index in [4.69, 9.17) is 0 Å². The molecule has 240 valence electrons. The Morgan fingerprint density at radius 3 is 1.57 bits per heavy atom. The Kier molecular flexibility index (Phi) is 24.1. The van der Waals surface area contributed by atoms with Crippen molar-refractivity contribution in [2.75, 3.05) is 6.61 Å². The molecule has 0 saturated heterocycles. The standard InChI is InChI=1S/C37H74O3/c1-5-9-13-17-22-31(30-38)23-21-27-34-33(25-19-15-11-7-3)32(24-18-14-10-6-2)28-29-35(34)36(37(39)40)26-20-16-12-8-4/h31-40H,5-30H2,1-4H3. The number of unbranched alkanes of at least 4 members (excludes halogenated alkanes) is 12. The van der Waals surface area contributed by atoms with Crippen LogP contribution in [-0.4, -0.2) is 28.2 Å². The zero-order valence-corrected chi connectivity index (χ0v) is 27.8. The van der Waals surface area contributed by atoms with Crippen molar-refractivity contribution in [3.8, 4) is 0 Å². The van der Waals surface area contributed by atoms with Gasteiger partial charge in [-0.2, -0.15) is 0 Å². The van der Waals surface area contributed by atoms with Crippen molar-refractivity contribution in [1.29, 1.82) is 0 Å². The molecule has 1 rings (SSSR count). The van der Waals surface area contributed by atoms with Gasteiger partial charge in [-0.05, 0) is 74.5 Å².